The SMILES string of the molecule is C=C[C@@H]1C[C@]1(NC(=O)[C@@H]1C[C@@]2(CN1C(O)[C@@H](NC(=O)[C@@H](NC(=O)C1CC1)C1CCCCC1)C(C)(C)C)C(C)(C)C21CCC1)C(=O)NS(=O)(=O)c1ccccc1NC. The van der Waals surface area contributed by atoms with Gasteiger partial charge in [-0.3, -0.25) is 24.1 Å². The molecule has 1 aliphatic heterocycles. The Hall–Kier alpha value is -3.49. The number of para-hydroxylation sites is 1. The van der Waals surface area contributed by atoms with Crippen molar-refractivity contribution in [1.82, 2.24) is 25.6 Å². The first-order chi connectivity index (χ1) is 26.8. The smallest absolute Gasteiger partial charge is 0.266 e. The van der Waals surface area contributed by atoms with Gasteiger partial charge in [-0.05, 0) is 91.1 Å². The molecule has 6 aliphatic rings. The monoisotopic (exact) mass is 808 g/mol. The summed E-state index contributed by atoms with van der Waals surface area (Å²) in [6, 6.07) is 3.83. The fraction of sp³-hybridized carbons (Fsp3) is 0.721. The van der Waals surface area contributed by atoms with Crippen LogP contribution in [-0.2, 0) is 29.2 Å². The third-order valence-electron chi connectivity index (χ3n) is 15.4. The number of benzene rings is 1. The fourth-order valence-electron chi connectivity index (χ4n) is 11.3. The molecule has 6 fully saturated rings. The van der Waals surface area contributed by atoms with E-state index in [9.17, 15) is 32.7 Å². The molecule has 5 saturated carbocycles. The number of rotatable bonds is 14. The van der Waals surface area contributed by atoms with Gasteiger partial charge in [0.15, 0.2) is 0 Å². The Labute approximate surface area is 338 Å². The third kappa shape index (κ3) is 6.98. The lowest BCUT2D eigenvalue weighted by atomic mass is 9.73. The first-order valence-electron chi connectivity index (χ1n) is 21.1. The van der Waals surface area contributed by atoms with Crippen LogP contribution in [0.25, 0.3) is 0 Å². The minimum Gasteiger partial charge on any atom is -0.387 e. The fourth-order valence-corrected chi connectivity index (χ4v) is 12.6. The van der Waals surface area contributed by atoms with Crippen LogP contribution in [0.5, 0.6) is 0 Å². The minimum absolute atomic E-state index is 0.00672. The highest BCUT2D eigenvalue weighted by atomic mass is 32.2. The van der Waals surface area contributed by atoms with Gasteiger partial charge < -0.3 is 26.4 Å². The molecule has 57 heavy (non-hydrogen) atoms. The van der Waals surface area contributed by atoms with Crippen LogP contribution in [0.4, 0.5) is 5.69 Å². The zero-order chi connectivity index (χ0) is 41.3. The number of hydrogen-bond acceptors (Lipinski definition) is 9. The number of amides is 4. The summed E-state index contributed by atoms with van der Waals surface area (Å²) in [5.74, 6) is -2.33. The van der Waals surface area contributed by atoms with Crippen LogP contribution in [0.3, 0.4) is 0 Å². The zero-order valence-electron chi connectivity index (χ0n) is 34.6. The second kappa shape index (κ2) is 14.7. The predicted molar refractivity (Wildman–Crippen MR) is 217 cm³/mol. The molecule has 1 aromatic carbocycles. The largest absolute Gasteiger partial charge is 0.387 e. The van der Waals surface area contributed by atoms with Crippen molar-refractivity contribution >= 4 is 39.3 Å². The molecule has 0 bridgehead atoms. The first-order valence-corrected chi connectivity index (χ1v) is 22.6. The van der Waals surface area contributed by atoms with Gasteiger partial charge in [0.25, 0.3) is 15.9 Å². The van der Waals surface area contributed by atoms with Gasteiger partial charge in [0, 0.05) is 25.4 Å². The van der Waals surface area contributed by atoms with Gasteiger partial charge in [-0.15, -0.1) is 6.58 Å². The van der Waals surface area contributed by atoms with Gasteiger partial charge in [0.2, 0.25) is 17.7 Å². The molecule has 7 rings (SSSR count). The quantitative estimate of drug-likeness (QED) is 0.150. The van der Waals surface area contributed by atoms with E-state index in [1.165, 1.54) is 6.07 Å². The van der Waals surface area contributed by atoms with Crippen molar-refractivity contribution in [3.63, 3.8) is 0 Å². The van der Waals surface area contributed by atoms with Crippen LogP contribution in [-0.4, -0.2) is 85.5 Å². The molecule has 5 aliphatic carbocycles. The van der Waals surface area contributed by atoms with Crippen molar-refractivity contribution in [2.24, 2.45) is 39.4 Å². The predicted octanol–water partition coefficient (Wildman–Crippen LogP) is 4.19. The summed E-state index contributed by atoms with van der Waals surface area (Å²) in [4.78, 5) is 58.0. The Morgan fingerprint density at radius 2 is 1.60 bits per heavy atom. The number of hydrogen-bond donors (Lipinski definition) is 6. The van der Waals surface area contributed by atoms with Crippen molar-refractivity contribution in [2.75, 3.05) is 18.9 Å². The second-order valence-electron chi connectivity index (χ2n) is 19.6. The van der Waals surface area contributed by atoms with E-state index in [4.69, 9.17) is 0 Å². The molecule has 1 aromatic rings. The molecule has 14 heteroatoms. The Balaban J connectivity index is 1.16. The summed E-state index contributed by atoms with van der Waals surface area (Å²) < 4.78 is 29.3. The highest BCUT2D eigenvalue weighted by molar-refractivity contribution is 7.90. The molecule has 6 N–H and O–H groups in total. The average molecular weight is 809 g/mol. The summed E-state index contributed by atoms with van der Waals surface area (Å²) in [5.41, 5.74) is -2.28. The van der Waals surface area contributed by atoms with E-state index < -0.39 is 63.1 Å². The van der Waals surface area contributed by atoms with Crippen molar-refractivity contribution in [2.45, 2.75) is 146 Å². The maximum absolute atomic E-state index is 14.8. The maximum Gasteiger partial charge on any atom is 0.266 e. The Bertz CT molecular complexity index is 1900. The zero-order valence-corrected chi connectivity index (χ0v) is 35.4. The average Bonchev–Trinajstić information content (AvgIpc) is 4.10. The lowest BCUT2D eigenvalue weighted by Gasteiger charge is -2.42. The molecular formula is C43H64N6O7S. The van der Waals surface area contributed by atoms with Crippen LogP contribution < -0.4 is 26.0 Å². The Morgan fingerprint density at radius 3 is 2.14 bits per heavy atom. The second-order valence-corrected chi connectivity index (χ2v) is 21.3. The molecule has 13 nitrogen and oxygen atoms in total. The Morgan fingerprint density at radius 1 is 0.930 bits per heavy atom. The summed E-state index contributed by atoms with van der Waals surface area (Å²) in [6.07, 6.45) is 10.4. The molecule has 1 unspecified atom stereocenters. The van der Waals surface area contributed by atoms with Crippen molar-refractivity contribution < 1.29 is 32.7 Å². The molecule has 7 atom stereocenters. The number of nitrogens with one attached hydrogen (secondary N) is 5. The molecule has 0 radical (unpaired) electrons. The maximum atomic E-state index is 14.8. The molecule has 314 valence electrons. The number of anilines is 1. The highest BCUT2D eigenvalue weighted by Gasteiger charge is 2.85. The number of likely N-dealkylation sites (tertiary alicyclic amines) is 1. The molecule has 4 amide bonds. The molecular weight excluding hydrogens is 745 g/mol. The third-order valence-corrected chi connectivity index (χ3v) is 16.8. The van der Waals surface area contributed by atoms with Crippen molar-refractivity contribution in [3.05, 3.63) is 36.9 Å². The van der Waals surface area contributed by atoms with Gasteiger partial charge in [0.05, 0.1) is 17.8 Å². The van der Waals surface area contributed by atoms with Gasteiger partial charge >= 0.3 is 0 Å². The van der Waals surface area contributed by atoms with E-state index in [2.05, 4.69) is 46.4 Å². The van der Waals surface area contributed by atoms with Crippen LogP contribution in [0.15, 0.2) is 41.8 Å². The lowest BCUT2D eigenvalue weighted by molar-refractivity contribution is -0.139. The summed E-state index contributed by atoms with van der Waals surface area (Å²) in [7, 11) is -2.73. The molecule has 2 spiro atoms. The van der Waals surface area contributed by atoms with E-state index in [0.717, 1.165) is 64.2 Å². The van der Waals surface area contributed by atoms with Crippen LogP contribution in [0.2, 0.25) is 0 Å². The number of aliphatic hydroxyl groups excluding tert-OH is 1. The number of fused-ring (bicyclic) bond motifs is 1. The highest BCUT2D eigenvalue weighted by Crippen LogP contribution is 2.88. The Kier molecular flexibility index (Phi) is 10.7. The first kappa shape index (κ1) is 41.7. The topological polar surface area (TPSA) is 186 Å². The van der Waals surface area contributed by atoms with E-state index >= 15 is 0 Å². The van der Waals surface area contributed by atoms with Crippen molar-refractivity contribution in [3.8, 4) is 0 Å². The van der Waals surface area contributed by atoms with Gasteiger partial charge in [0.1, 0.15) is 22.7 Å². The number of carbonyl (C=O) groups excluding carboxylic acids is 4. The van der Waals surface area contributed by atoms with E-state index in [0.29, 0.717) is 18.7 Å². The lowest BCUT2D eigenvalue weighted by Crippen LogP contribution is -2.64. The van der Waals surface area contributed by atoms with E-state index in [1.807, 2.05) is 25.7 Å². The normalized spacial score (nSPS) is 30.6. The number of sulfonamides is 1. The minimum atomic E-state index is -4.32. The standard InChI is InChI=1S/C43H64N6O7S/c1-8-28-23-43(28,38(54)48-57(55,56)31-18-13-12-17-29(31)44-7)47-35(51)30-24-42(40(5,6)41(42)21-14-22-41)25-49(30)37(53)33(39(2,3)4)46-36(52)32(26-15-10-9-11-16-26)45-34(50)27-19-20-27/h8,12-13,17-18,26-28,30,32-33,37,44,53H,1,9-11,14-16,19-25H2,2-7H3,(H,45,50)(H,46,52)(H,47,51)(H,48,54)/t28-,30+,32+,33-,37?,42-,43-/m1/s1. The molecule has 1 saturated heterocycles. The van der Waals surface area contributed by atoms with Gasteiger partial charge in [-0.1, -0.05) is 78.5 Å². The summed E-state index contributed by atoms with van der Waals surface area (Å²) in [6.45, 7) is 14.6. The summed E-state index contributed by atoms with van der Waals surface area (Å²) in [5, 5.41) is 24.7. The van der Waals surface area contributed by atoms with Crippen LogP contribution in [0, 0.1) is 39.4 Å². The van der Waals surface area contributed by atoms with Crippen LogP contribution >= 0.6 is 0 Å². The van der Waals surface area contributed by atoms with E-state index in [1.54, 1.807) is 31.3 Å². The van der Waals surface area contributed by atoms with Crippen molar-refractivity contribution in [1.29, 1.82) is 0 Å². The van der Waals surface area contributed by atoms with Crippen LogP contribution in [0.1, 0.15) is 112 Å². The van der Waals surface area contributed by atoms with E-state index in [-0.39, 0.29) is 51.2 Å². The molecule has 1 heterocycles. The molecule has 0 aromatic heterocycles. The van der Waals surface area contributed by atoms with Gasteiger partial charge in [-0.25, -0.2) is 13.1 Å². The van der Waals surface area contributed by atoms with Gasteiger partial charge in [-0.2, -0.15) is 0 Å². The number of nitrogens with zero attached hydrogens (tertiary/aromatic N) is 1. The number of aliphatic hydroxyl groups is 1. The summed E-state index contributed by atoms with van der Waals surface area (Å²) >= 11 is 0. The number of carbonyl (C=O) groups is 4.